The number of benzene rings is 3. The highest BCUT2D eigenvalue weighted by Crippen LogP contribution is 2.17. The summed E-state index contributed by atoms with van der Waals surface area (Å²) in [5.41, 5.74) is 4.14. The molecular weight excluding hydrogens is 420 g/mol. The molecule has 0 bridgehead atoms. The first kappa shape index (κ1) is 21.7. The number of carbonyl (C=O) groups excluding carboxylic acids is 2. The van der Waals surface area contributed by atoms with E-state index in [1.54, 1.807) is 60.7 Å². The summed E-state index contributed by atoms with van der Waals surface area (Å²) in [5, 5.41) is 19.1. The Morgan fingerprint density at radius 3 is 2.26 bits per heavy atom. The fourth-order valence-corrected chi connectivity index (χ4v) is 2.55. The lowest BCUT2D eigenvalue weighted by Gasteiger charge is -2.09. The van der Waals surface area contributed by atoms with Crippen LogP contribution in [-0.4, -0.2) is 29.9 Å². The number of hydrogen-bond donors (Lipinski definition) is 4. The molecule has 3 amide bonds. The Kier molecular flexibility index (Phi) is 7.45. The number of anilines is 2. The zero-order valence-corrected chi connectivity index (χ0v) is 17.0. The van der Waals surface area contributed by atoms with Gasteiger partial charge in [-0.25, -0.2) is 10.2 Å². The molecule has 158 valence electrons. The molecule has 0 aliphatic rings. The minimum atomic E-state index is -0.444. The maximum absolute atomic E-state index is 12.0. The number of hydrazone groups is 1. The van der Waals surface area contributed by atoms with Crippen LogP contribution in [0, 0.1) is 0 Å². The molecule has 0 saturated carbocycles. The molecule has 0 atom stereocenters. The van der Waals surface area contributed by atoms with Crippen molar-refractivity contribution in [2.45, 2.75) is 0 Å². The summed E-state index contributed by atoms with van der Waals surface area (Å²) < 4.78 is 5.39. The van der Waals surface area contributed by atoms with Gasteiger partial charge in [0.1, 0.15) is 11.5 Å². The lowest BCUT2D eigenvalue weighted by atomic mass is 10.2. The van der Waals surface area contributed by atoms with Crippen molar-refractivity contribution in [2.24, 2.45) is 5.10 Å². The van der Waals surface area contributed by atoms with Crippen LogP contribution in [0.25, 0.3) is 0 Å². The maximum atomic E-state index is 12.0. The first-order valence-corrected chi connectivity index (χ1v) is 9.53. The van der Waals surface area contributed by atoms with Crippen LogP contribution >= 0.6 is 11.6 Å². The molecule has 0 spiro atoms. The third kappa shape index (κ3) is 7.37. The summed E-state index contributed by atoms with van der Waals surface area (Å²) >= 11 is 5.81. The van der Waals surface area contributed by atoms with Crippen molar-refractivity contribution in [1.29, 1.82) is 0 Å². The van der Waals surface area contributed by atoms with Crippen molar-refractivity contribution in [2.75, 3.05) is 17.2 Å². The molecule has 8 nitrogen and oxygen atoms in total. The quantitative estimate of drug-likeness (QED) is 0.327. The predicted molar refractivity (Wildman–Crippen MR) is 120 cm³/mol. The molecular formula is C22H19ClN4O4. The van der Waals surface area contributed by atoms with Gasteiger partial charge in [0.15, 0.2) is 6.61 Å². The van der Waals surface area contributed by atoms with Crippen LogP contribution in [0.1, 0.15) is 5.56 Å². The van der Waals surface area contributed by atoms with E-state index in [0.29, 0.717) is 27.7 Å². The second-order valence-electron chi connectivity index (χ2n) is 6.29. The minimum Gasteiger partial charge on any atom is -0.508 e. The van der Waals surface area contributed by atoms with E-state index in [1.807, 2.05) is 0 Å². The SMILES string of the molecule is O=C(COc1ccc(NC(=O)Nc2ccc(Cl)cc2)cc1)N/N=C/c1cccc(O)c1. The molecule has 0 radical (unpaired) electrons. The third-order valence-electron chi connectivity index (χ3n) is 3.86. The number of halogens is 1. The van der Waals surface area contributed by atoms with Gasteiger partial charge in [0, 0.05) is 16.4 Å². The van der Waals surface area contributed by atoms with Crippen LogP contribution < -0.4 is 20.8 Å². The number of ether oxygens (including phenoxy) is 1. The van der Waals surface area contributed by atoms with E-state index in [4.69, 9.17) is 16.3 Å². The molecule has 3 aromatic rings. The average molecular weight is 439 g/mol. The van der Waals surface area contributed by atoms with Gasteiger partial charge in [-0.2, -0.15) is 5.10 Å². The minimum absolute atomic E-state index is 0.110. The lowest BCUT2D eigenvalue weighted by Crippen LogP contribution is -2.24. The summed E-state index contributed by atoms with van der Waals surface area (Å²) in [7, 11) is 0. The van der Waals surface area contributed by atoms with E-state index < -0.39 is 11.9 Å². The number of phenolic OH excluding ortho intramolecular Hbond substituents is 1. The van der Waals surface area contributed by atoms with E-state index in [1.165, 1.54) is 18.3 Å². The number of nitrogens with zero attached hydrogens (tertiary/aromatic N) is 1. The molecule has 0 unspecified atom stereocenters. The van der Waals surface area contributed by atoms with Crippen molar-refractivity contribution >= 4 is 41.1 Å². The molecule has 0 fully saturated rings. The number of aromatic hydroxyl groups is 1. The van der Waals surface area contributed by atoms with Gasteiger partial charge in [0.05, 0.1) is 6.21 Å². The van der Waals surface area contributed by atoms with Crippen LogP contribution in [0.15, 0.2) is 77.9 Å². The Hall–Kier alpha value is -4.04. The Bertz CT molecular complexity index is 1070. The van der Waals surface area contributed by atoms with Crippen LogP contribution in [-0.2, 0) is 4.79 Å². The van der Waals surface area contributed by atoms with Gasteiger partial charge in [-0.1, -0.05) is 23.7 Å². The first-order valence-electron chi connectivity index (χ1n) is 9.15. The number of hydrogen-bond acceptors (Lipinski definition) is 5. The molecule has 0 aliphatic heterocycles. The third-order valence-corrected chi connectivity index (χ3v) is 4.11. The molecule has 0 aromatic heterocycles. The number of nitrogens with one attached hydrogen (secondary N) is 3. The number of amides is 3. The highest BCUT2D eigenvalue weighted by molar-refractivity contribution is 6.30. The summed E-state index contributed by atoms with van der Waals surface area (Å²) in [5.74, 6) is 0.121. The van der Waals surface area contributed by atoms with E-state index in [9.17, 15) is 14.7 Å². The van der Waals surface area contributed by atoms with Gasteiger partial charge in [0.2, 0.25) is 0 Å². The van der Waals surface area contributed by atoms with Crippen molar-refractivity contribution in [1.82, 2.24) is 5.43 Å². The molecule has 9 heteroatoms. The lowest BCUT2D eigenvalue weighted by molar-refractivity contribution is -0.123. The van der Waals surface area contributed by atoms with E-state index in [2.05, 4.69) is 21.2 Å². The molecule has 4 N–H and O–H groups in total. The van der Waals surface area contributed by atoms with Crippen LogP contribution in [0.5, 0.6) is 11.5 Å². The van der Waals surface area contributed by atoms with Crippen molar-refractivity contribution in [3.63, 3.8) is 0 Å². The second kappa shape index (κ2) is 10.7. The monoisotopic (exact) mass is 438 g/mol. The van der Waals surface area contributed by atoms with Crippen LogP contribution in [0.3, 0.4) is 0 Å². The Morgan fingerprint density at radius 1 is 0.968 bits per heavy atom. The van der Waals surface area contributed by atoms with Crippen LogP contribution in [0.4, 0.5) is 16.2 Å². The molecule has 0 saturated heterocycles. The smallest absolute Gasteiger partial charge is 0.323 e. The summed E-state index contributed by atoms with van der Waals surface area (Å²) in [6.45, 7) is -0.235. The fourth-order valence-electron chi connectivity index (χ4n) is 2.43. The number of rotatable bonds is 7. The Labute approximate surface area is 183 Å². The molecule has 31 heavy (non-hydrogen) atoms. The van der Waals surface area contributed by atoms with Gasteiger partial charge in [-0.15, -0.1) is 0 Å². The number of phenols is 1. The van der Waals surface area contributed by atoms with E-state index >= 15 is 0 Å². The number of urea groups is 1. The van der Waals surface area contributed by atoms with E-state index in [0.717, 1.165) is 0 Å². The topological polar surface area (TPSA) is 112 Å². The molecule has 0 aliphatic carbocycles. The highest BCUT2D eigenvalue weighted by atomic mass is 35.5. The standard InChI is InChI=1S/C22H19ClN4O4/c23-16-4-6-17(7-5-16)25-22(30)26-18-8-10-20(11-9-18)31-14-21(29)27-24-13-15-2-1-3-19(28)12-15/h1-13,28H,14H2,(H,27,29)(H2,25,26,30)/b24-13+. The van der Waals surface area contributed by atoms with Crippen molar-refractivity contribution in [3.05, 3.63) is 83.4 Å². The Balaban J connectivity index is 1.42. The van der Waals surface area contributed by atoms with Gasteiger partial charge >= 0.3 is 6.03 Å². The highest BCUT2D eigenvalue weighted by Gasteiger charge is 2.05. The van der Waals surface area contributed by atoms with Crippen molar-refractivity contribution in [3.8, 4) is 11.5 Å². The zero-order chi connectivity index (χ0) is 22.1. The van der Waals surface area contributed by atoms with Crippen LogP contribution in [0.2, 0.25) is 5.02 Å². The van der Waals surface area contributed by atoms with Gasteiger partial charge in [-0.3, -0.25) is 4.79 Å². The normalized spacial score (nSPS) is 10.5. The first-order chi connectivity index (χ1) is 15.0. The summed E-state index contributed by atoms with van der Waals surface area (Å²) in [6, 6.07) is 19.3. The zero-order valence-electron chi connectivity index (χ0n) is 16.2. The molecule has 0 heterocycles. The van der Waals surface area contributed by atoms with E-state index in [-0.39, 0.29) is 12.4 Å². The largest absolute Gasteiger partial charge is 0.508 e. The summed E-state index contributed by atoms with van der Waals surface area (Å²) in [6.07, 6.45) is 1.41. The number of carbonyl (C=O) groups is 2. The molecule has 3 aromatic carbocycles. The average Bonchev–Trinajstić information content (AvgIpc) is 2.75. The maximum Gasteiger partial charge on any atom is 0.323 e. The summed E-state index contributed by atoms with van der Waals surface area (Å²) in [4.78, 5) is 23.8. The molecule has 3 rings (SSSR count). The Morgan fingerprint density at radius 2 is 1.61 bits per heavy atom. The van der Waals surface area contributed by atoms with Gasteiger partial charge in [-0.05, 0) is 66.2 Å². The fraction of sp³-hybridized carbons (Fsp3) is 0.0455. The predicted octanol–water partition coefficient (Wildman–Crippen LogP) is 4.22. The second-order valence-corrected chi connectivity index (χ2v) is 6.72. The van der Waals surface area contributed by atoms with Gasteiger partial charge < -0.3 is 20.5 Å². The van der Waals surface area contributed by atoms with Gasteiger partial charge in [0.25, 0.3) is 5.91 Å². The van der Waals surface area contributed by atoms with Crippen molar-refractivity contribution < 1.29 is 19.4 Å².